The van der Waals surface area contributed by atoms with E-state index in [1.54, 1.807) is 31.7 Å². The Hall–Kier alpha value is -2.93. The lowest BCUT2D eigenvalue weighted by atomic mass is 10.0. The van der Waals surface area contributed by atoms with Crippen molar-refractivity contribution in [1.82, 2.24) is 9.47 Å². The Morgan fingerprint density at radius 3 is 2.42 bits per heavy atom. The quantitative estimate of drug-likeness (QED) is 0.525. The minimum atomic E-state index is -0.316. The van der Waals surface area contributed by atoms with Crippen LogP contribution in [0.15, 0.2) is 40.0 Å². The molecule has 4 rings (SSSR count). The summed E-state index contributed by atoms with van der Waals surface area (Å²) in [6.07, 6.45) is 1.79. The van der Waals surface area contributed by atoms with Crippen molar-refractivity contribution in [3.8, 4) is 6.07 Å². The molecule has 2 fully saturated rings. The van der Waals surface area contributed by atoms with Crippen LogP contribution in [0.3, 0.4) is 0 Å². The number of piperazine rings is 1. The largest absolute Gasteiger partial charge is 0.346 e. The number of thiocarbonyl (C=S) groups is 1. The van der Waals surface area contributed by atoms with Crippen LogP contribution in [0.25, 0.3) is 6.08 Å². The second kappa shape index (κ2) is 9.51. The van der Waals surface area contributed by atoms with Gasteiger partial charge in [0.05, 0.1) is 31.1 Å². The highest BCUT2D eigenvalue weighted by molar-refractivity contribution is 8.26. The number of hydrogen-bond acceptors (Lipinski definition) is 6. The highest BCUT2D eigenvalue weighted by atomic mass is 32.2. The molecule has 0 radical (unpaired) electrons. The molecule has 1 N–H and O–H groups in total. The molecule has 33 heavy (non-hydrogen) atoms. The van der Waals surface area contributed by atoms with E-state index in [0.29, 0.717) is 14.8 Å². The van der Waals surface area contributed by atoms with Crippen LogP contribution >= 0.6 is 24.0 Å². The number of carbonyl (C=O) groups is 1. The first-order valence-corrected chi connectivity index (χ1v) is 12.0. The van der Waals surface area contributed by atoms with E-state index >= 15 is 0 Å². The van der Waals surface area contributed by atoms with Crippen LogP contribution in [0.4, 0.5) is 5.82 Å². The molecule has 0 saturated carbocycles. The summed E-state index contributed by atoms with van der Waals surface area (Å²) in [6.45, 7) is 6.15. The maximum atomic E-state index is 12.9. The zero-order chi connectivity index (χ0) is 23.7. The number of quaternary nitrogens is 1. The normalized spacial score (nSPS) is 18.3. The van der Waals surface area contributed by atoms with E-state index < -0.39 is 0 Å². The molecule has 0 atom stereocenters. The number of nitrogens with one attached hydrogen (secondary N) is 1. The fourth-order valence-corrected chi connectivity index (χ4v) is 5.53. The zero-order valence-electron chi connectivity index (χ0n) is 18.9. The van der Waals surface area contributed by atoms with Crippen LogP contribution in [0.1, 0.15) is 22.3 Å². The van der Waals surface area contributed by atoms with E-state index in [0.717, 1.165) is 44.1 Å². The number of aromatic nitrogens is 1. The molecule has 0 spiro atoms. The van der Waals surface area contributed by atoms with Gasteiger partial charge in [-0.05, 0) is 18.6 Å². The first-order valence-electron chi connectivity index (χ1n) is 10.8. The molecule has 2 aliphatic rings. The molecular weight excluding hydrogens is 454 g/mol. The van der Waals surface area contributed by atoms with Crippen LogP contribution in [-0.4, -0.2) is 52.9 Å². The Balaban J connectivity index is 1.68. The van der Waals surface area contributed by atoms with Crippen LogP contribution in [0.5, 0.6) is 0 Å². The van der Waals surface area contributed by atoms with E-state index in [9.17, 15) is 14.9 Å². The van der Waals surface area contributed by atoms with E-state index in [1.807, 2.05) is 12.1 Å². The molecule has 0 aliphatic carbocycles. The number of rotatable bonds is 4. The number of amides is 1. The van der Waals surface area contributed by atoms with Gasteiger partial charge in [0.15, 0.2) is 0 Å². The lowest BCUT2D eigenvalue weighted by molar-refractivity contribution is -0.914. The van der Waals surface area contributed by atoms with Crippen LogP contribution in [-0.2, 0) is 18.4 Å². The Kier molecular flexibility index (Phi) is 6.70. The van der Waals surface area contributed by atoms with E-state index in [-0.39, 0.29) is 17.0 Å². The molecule has 170 valence electrons. The van der Waals surface area contributed by atoms with Gasteiger partial charge in [0.1, 0.15) is 28.3 Å². The van der Waals surface area contributed by atoms with Crippen molar-refractivity contribution in [2.75, 3.05) is 38.1 Å². The Labute approximate surface area is 202 Å². The predicted octanol–water partition coefficient (Wildman–Crippen LogP) is 1.30. The summed E-state index contributed by atoms with van der Waals surface area (Å²) in [6, 6.07) is 12.5. The lowest BCUT2D eigenvalue weighted by Gasteiger charge is -2.35. The lowest BCUT2D eigenvalue weighted by Crippen LogP contribution is -3.13. The number of pyridine rings is 1. The van der Waals surface area contributed by atoms with E-state index in [1.165, 1.54) is 27.1 Å². The van der Waals surface area contributed by atoms with Gasteiger partial charge < -0.3 is 9.80 Å². The molecule has 2 aliphatic heterocycles. The van der Waals surface area contributed by atoms with Crippen LogP contribution < -0.4 is 15.4 Å². The zero-order valence-corrected chi connectivity index (χ0v) is 20.6. The van der Waals surface area contributed by atoms with Crippen molar-refractivity contribution in [1.29, 1.82) is 5.26 Å². The Morgan fingerprint density at radius 1 is 1.18 bits per heavy atom. The molecule has 3 heterocycles. The van der Waals surface area contributed by atoms with Crippen molar-refractivity contribution in [2.24, 2.45) is 7.05 Å². The summed E-state index contributed by atoms with van der Waals surface area (Å²) in [4.78, 5) is 31.2. The monoisotopic (exact) mass is 480 g/mol. The number of benzene rings is 1. The van der Waals surface area contributed by atoms with Gasteiger partial charge in [-0.15, -0.1) is 0 Å². The molecular formula is C24H26N5O2S2+. The molecule has 1 aromatic carbocycles. The second-order valence-electron chi connectivity index (χ2n) is 8.35. The molecule has 2 saturated heterocycles. The molecule has 2 aromatic rings. The number of likely N-dealkylation sites (N-methyl/N-ethyl adjacent to an activating group) is 1. The highest BCUT2D eigenvalue weighted by Crippen LogP contribution is 2.34. The SMILES string of the molecule is Cc1c(/C=C2\SC(=S)N(C)C2=O)c(N2CC[NH+](Cc3ccccc3)CC2)n(C)c(=O)c1C#N. The van der Waals surface area contributed by atoms with Gasteiger partial charge in [0.2, 0.25) is 0 Å². The van der Waals surface area contributed by atoms with Crippen molar-refractivity contribution in [2.45, 2.75) is 13.5 Å². The summed E-state index contributed by atoms with van der Waals surface area (Å²) >= 11 is 6.51. The first-order chi connectivity index (χ1) is 15.8. The Bertz CT molecular complexity index is 1240. The van der Waals surface area contributed by atoms with E-state index in [2.05, 4.69) is 29.2 Å². The number of carbonyl (C=O) groups excluding carboxylic acids is 1. The molecule has 0 bridgehead atoms. The van der Waals surface area contributed by atoms with Gasteiger partial charge in [-0.1, -0.05) is 54.3 Å². The first kappa shape index (κ1) is 23.2. The number of nitrogens with zero attached hydrogens (tertiary/aromatic N) is 4. The maximum Gasteiger partial charge on any atom is 0.270 e. The average molecular weight is 481 g/mol. The maximum absolute atomic E-state index is 12.9. The van der Waals surface area contributed by atoms with Crippen molar-refractivity contribution < 1.29 is 9.69 Å². The smallest absolute Gasteiger partial charge is 0.270 e. The number of hydrogen-bond donors (Lipinski definition) is 1. The molecule has 7 nitrogen and oxygen atoms in total. The molecule has 1 aromatic heterocycles. The third-order valence-corrected chi connectivity index (χ3v) is 7.78. The van der Waals surface area contributed by atoms with Gasteiger partial charge in [0.25, 0.3) is 11.5 Å². The molecule has 9 heteroatoms. The van der Waals surface area contributed by atoms with Gasteiger partial charge in [0, 0.05) is 25.2 Å². The average Bonchev–Trinajstić information content (AvgIpc) is 3.06. The van der Waals surface area contributed by atoms with Crippen LogP contribution in [0.2, 0.25) is 0 Å². The van der Waals surface area contributed by atoms with E-state index in [4.69, 9.17) is 12.2 Å². The van der Waals surface area contributed by atoms with Crippen molar-refractivity contribution in [3.05, 3.63) is 67.8 Å². The van der Waals surface area contributed by atoms with Gasteiger partial charge >= 0.3 is 0 Å². The molecule has 1 amide bonds. The molecule has 0 unspecified atom stereocenters. The fourth-order valence-electron chi connectivity index (χ4n) is 4.37. The fraction of sp³-hybridized carbons (Fsp3) is 0.333. The minimum Gasteiger partial charge on any atom is -0.346 e. The minimum absolute atomic E-state index is 0.104. The topological polar surface area (TPSA) is 73.8 Å². The Morgan fingerprint density at radius 2 is 1.85 bits per heavy atom. The summed E-state index contributed by atoms with van der Waals surface area (Å²) < 4.78 is 2.04. The third kappa shape index (κ3) is 4.47. The summed E-state index contributed by atoms with van der Waals surface area (Å²) in [5, 5.41) is 9.62. The van der Waals surface area contributed by atoms with Gasteiger partial charge in [-0.2, -0.15) is 5.26 Å². The summed E-state index contributed by atoms with van der Waals surface area (Å²) in [5.41, 5.74) is 2.42. The second-order valence-corrected chi connectivity index (χ2v) is 10.0. The van der Waals surface area contributed by atoms with Gasteiger partial charge in [-0.25, -0.2) is 0 Å². The summed E-state index contributed by atoms with van der Waals surface area (Å²) in [7, 11) is 3.35. The predicted molar refractivity (Wildman–Crippen MR) is 135 cm³/mol. The van der Waals surface area contributed by atoms with Crippen molar-refractivity contribution >= 4 is 46.1 Å². The number of anilines is 1. The number of nitriles is 1. The van der Waals surface area contributed by atoms with Crippen LogP contribution in [0, 0.1) is 18.3 Å². The standard InChI is InChI=1S/C24H25N5O2S2/c1-16-18(13-20-23(31)27(3)24(32)33-20)21(26(2)22(30)19(16)14-25)29-11-9-28(10-12-29)15-17-7-5-4-6-8-17/h4-8,13H,9-12,15H2,1-3H3/p+1/b20-13-. The third-order valence-electron chi connectivity index (χ3n) is 6.30. The van der Waals surface area contributed by atoms with Crippen molar-refractivity contribution in [3.63, 3.8) is 0 Å². The number of thioether (sulfide) groups is 1. The van der Waals surface area contributed by atoms with Gasteiger partial charge in [-0.3, -0.25) is 19.1 Å². The summed E-state index contributed by atoms with van der Waals surface area (Å²) in [5.74, 6) is 0.580. The highest BCUT2D eigenvalue weighted by Gasteiger charge is 2.31.